The Balaban J connectivity index is 1.88. The highest BCUT2D eigenvalue weighted by Crippen LogP contribution is 2.14. The van der Waals surface area contributed by atoms with Gasteiger partial charge in [-0.25, -0.2) is 9.82 Å². The van der Waals surface area contributed by atoms with Crippen molar-refractivity contribution in [2.75, 3.05) is 12.4 Å². The van der Waals surface area contributed by atoms with Gasteiger partial charge in [-0.05, 0) is 42.0 Å². The number of rotatable bonds is 4. The Morgan fingerprint density at radius 2 is 1.87 bits per heavy atom. The van der Waals surface area contributed by atoms with Crippen molar-refractivity contribution in [2.45, 2.75) is 0 Å². The fourth-order valence-electron chi connectivity index (χ4n) is 1.67. The number of hydrogen-bond acceptors (Lipinski definition) is 4. The van der Waals surface area contributed by atoms with Crippen LogP contribution in [0.2, 0.25) is 0 Å². The van der Waals surface area contributed by atoms with Gasteiger partial charge in [0.15, 0.2) is 0 Å². The molecular formula is C16H14FN3O3. The molecule has 2 N–H and O–H groups in total. The maximum absolute atomic E-state index is 13.0. The van der Waals surface area contributed by atoms with Gasteiger partial charge >= 0.3 is 11.8 Å². The van der Waals surface area contributed by atoms with Crippen LogP contribution in [0.25, 0.3) is 0 Å². The van der Waals surface area contributed by atoms with Crippen molar-refractivity contribution in [3.8, 4) is 5.75 Å². The van der Waals surface area contributed by atoms with Crippen LogP contribution in [0.5, 0.6) is 5.75 Å². The molecule has 7 heteroatoms. The second-order valence-corrected chi connectivity index (χ2v) is 4.44. The number of nitrogens with zero attached hydrogens (tertiary/aromatic N) is 1. The van der Waals surface area contributed by atoms with Crippen LogP contribution >= 0.6 is 0 Å². The highest BCUT2D eigenvalue weighted by molar-refractivity contribution is 6.39. The fourth-order valence-corrected chi connectivity index (χ4v) is 1.67. The Bertz CT molecular complexity index is 730. The molecule has 0 radical (unpaired) electrons. The minimum atomic E-state index is -0.937. The van der Waals surface area contributed by atoms with Gasteiger partial charge in [-0.2, -0.15) is 5.10 Å². The lowest BCUT2D eigenvalue weighted by Crippen LogP contribution is -2.32. The van der Waals surface area contributed by atoms with Crippen LogP contribution in [0.3, 0.4) is 0 Å². The Kier molecular flexibility index (Phi) is 5.40. The lowest BCUT2D eigenvalue weighted by molar-refractivity contribution is -0.136. The van der Waals surface area contributed by atoms with E-state index in [4.69, 9.17) is 4.74 Å². The molecule has 0 spiro atoms. The van der Waals surface area contributed by atoms with Crippen molar-refractivity contribution < 1.29 is 18.7 Å². The highest BCUT2D eigenvalue weighted by Gasteiger charge is 2.12. The monoisotopic (exact) mass is 315 g/mol. The summed E-state index contributed by atoms with van der Waals surface area (Å²) in [4.78, 5) is 23.3. The normalized spacial score (nSPS) is 10.3. The maximum Gasteiger partial charge on any atom is 0.329 e. The molecule has 0 unspecified atom stereocenters. The standard InChI is InChI=1S/C16H14FN3O3/c1-23-14-7-5-13(6-8-14)19-15(21)16(22)20-18-10-11-3-2-4-12(17)9-11/h2-10H,1H3,(H,19,21)(H,20,22)/b18-10-. The molecule has 6 nitrogen and oxygen atoms in total. The molecule has 0 saturated carbocycles. The largest absolute Gasteiger partial charge is 0.497 e. The number of ether oxygens (including phenoxy) is 1. The van der Waals surface area contributed by atoms with E-state index in [9.17, 15) is 14.0 Å². The van der Waals surface area contributed by atoms with Gasteiger partial charge in [-0.1, -0.05) is 12.1 Å². The van der Waals surface area contributed by atoms with Crippen LogP contribution in [0, 0.1) is 5.82 Å². The first-order valence-corrected chi connectivity index (χ1v) is 6.62. The van der Waals surface area contributed by atoms with Gasteiger partial charge in [0.2, 0.25) is 0 Å². The summed E-state index contributed by atoms with van der Waals surface area (Å²) >= 11 is 0. The number of nitrogens with one attached hydrogen (secondary N) is 2. The maximum atomic E-state index is 13.0. The minimum absolute atomic E-state index is 0.419. The first-order chi connectivity index (χ1) is 11.1. The van der Waals surface area contributed by atoms with Gasteiger partial charge in [0.1, 0.15) is 11.6 Å². The van der Waals surface area contributed by atoms with Crippen molar-refractivity contribution >= 4 is 23.7 Å². The molecular weight excluding hydrogens is 301 g/mol. The van der Waals surface area contributed by atoms with E-state index in [0.29, 0.717) is 17.0 Å². The van der Waals surface area contributed by atoms with Crippen molar-refractivity contribution in [2.24, 2.45) is 5.10 Å². The smallest absolute Gasteiger partial charge is 0.329 e. The summed E-state index contributed by atoms with van der Waals surface area (Å²) in [5.74, 6) is -1.59. The average Bonchev–Trinajstić information content (AvgIpc) is 2.55. The highest BCUT2D eigenvalue weighted by atomic mass is 19.1. The number of amides is 2. The molecule has 0 aromatic heterocycles. The third-order valence-electron chi connectivity index (χ3n) is 2.78. The van der Waals surface area contributed by atoms with E-state index in [0.717, 1.165) is 0 Å². The van der Waals surface area contributed by atoms with Crippen LogP contribution in [0.1, 0.15) is 5.56 Å². The molecule has 118 valence electrons. The van der Waals surface area contributed by atoms with E-state index in [1.807, 2.05) is 0 Å². The summed E-state index contributed by atoms with van der Waals surface area (Å²) in [5.41, 5.74) is 2.97. The summed E-state index contributed by atoms with van der Waals surface area (Å²) < 4.78 is 17.9. The molecule has 0 heterocycles. The number of halogens is 1. The third-order valence-corrected chi connectivity index (χ3v) is 2.78. The summed E-state index contributed by atoms with van der Waals surface area (Å²) in [6.45, 7) is 0. The minimum Gasteiger partial charge on any atom is -0.497 e. The Morgan fingerprint density at radius 1 is 1.13 bits per heavy atom. The summed E-state index contributed by atoms with van der Waals surface area (Å²) in [7, 11) is 1.53. The van der Waals surface area contributed by atoms with Gasteiger partial charge in [-0.3, -0.25) is 9.59 Å². The molecule has 2 rings (SSSR count). The lowest BCUT2D eigenvalue weighted by atomic mass is 10.2. The van der Waals surface area contributed by atoms with E-state index in [-0.39, 0.29) is 0 Å². The average molecular weight is 315 g/mol. The van der Waals surface area contributed by atoms with Gasteiger partial charge in [0.25, 0.3) is 0 Å². The fraction of sp³-hybridized carbons (Fsp3) is 0.0625. The second kappa shape index (κ2) is 7.69. The Hall–Kier alpha value is -3.22. The van der Waals surface area contributed by atoms with Crippen molar-refractivity contribution in [1.82, 2.24) is 5.43 Å². The van der Waals surface area contributed by atoms with Crippen LogP contribution < -0.4 is 15.5 Å². The zero-order valence-electron chi connectivity index (χ0n) is 12.2. The number of anilines is 1. The van der Waals surface area contributed by atoms with E-state index in [2.05, 4.69) is 15.8 Å². The number of methoxy groups -OCH3 is 1. The first-order valence-electron chi connectivity index (χ1n) is 6.62. The molecule has 2 aromatic carbocycles. The number of carbonyl (C=O) groups is 2. The van der Waals surface area contributed by atoms with Crippen LogP contribution in [-0.2, 0) is 9.59 Å². The lowest BCUT2D eigenvalue weighted by Gasteiger charge is -2.05. The van der Waals surface area contributed by atoms with E-state index in [1.54, 1.807) is 30.3 Å². The SMILES string of the molecule is COc1ccc(NC(=O)C(=O)N/N=C\c2cccc(F)c2)cc1. The molecule has 0 bridgehead atoms. The van der Waals surface area contributed by atoms with E-state index >= 15 is 0 Å². The van der Waals surface area contributed by atoms with Gasteiger partial charge in [0.05, 0.1) is 13.3 Å². The quantitative estimate of drug-likeness (QED) is 0.514. The molecule has 2 aromatic rings. The third kappa shape index (κ3) is 4.92. The molecule has 0 atom stereocenters. The van der Waals surface area contributed by atoms with E-state index < -0.39 is 17.6 Å². The molecule has 0 aliphatic heterocycles. The molecule has 0 aliphatic rings. The summed E-state index contributed by atoms with van der Waals surface area (Å²) in [6.07, 6.45) is 1.24. The zero-order valence-corrected chi connectivity index (χ0v) is 12.2. The zero-order chi connectivity index (χ0) is 16.7. The van der Waals surface area contributed by atoms with Gasteiger partial charge in [-0.15, -0.1) is 0 Å². The number of hydrazone groups is 1. The topological polar surface area (TPSA) is 79.8 Å². The predicted molar refractivity (Wildman–Crippen MR) is 83.8 cm³/mol. The second-order valence-electron chi connectivity index (χ2n) is 4.44. The molecule has 2 amide bonds. The summed E-state index contributed by atoms with van der Waals surface area (Å²) in [6, 6.07) is 12.1. The van der Waals surface area contributed by atoms with Crippen molar-refractivity contribution in [3.05, 3.63) is 59.9 Å². The summed E-state index contributed by atoms with van der Waals surface area (Å²) in [5, 5.41) is 6.01. The molecule has 0 aliphatic carbocycles. The first kappa shape index (κ1) is 16.2. The van der Waals surface area contributed by atoms with Crippen molar-refractivity contribution in [1.29, 1.82) is 0 Å². The molecule has 0 saturated heterocycles. The Morgan fingerprint density at radius 3 is 2.52 bits per heavy atom. The predicted octanol–water partition coefficient (Wildman–Crippen LogP) is 1.92. The van der Waals surface area contributed by atoms with Crippen LogP contribution in [-0.4, -0.2) is 25.1 Å². The number of benzene rings is 2. The Labute approximate surface area is 132 Å². The van der Waals surface area contributed by atoms with E-state index in [1.165, 1.54) is 31.5 Å². The van der Waals surface area contributed by atoms with Crippen LogP contribution in [0.15, 0.2) is 53.6 Å². The van der Waals surface area contributed by atoms with Crippen molar-refractivity contribution in [3.63, 3.8) is 0 Å². The number of carbonyl (C=O) groups excluding carboxylic acids is 2. The van der Waals surface area contributed by atoms with Gasteiger partial charge in [0, 0.05) is 5.69 Å². The molecule has 23 heavy (non-hydrogen) atoms. The van der Waals surface area contributed by atoms with Crippen LogP contribution in [0.4, 0.5) is 10.1 Å². The number of hydrogen-bond donors (Lipinski definition) is 2. The van der Waals surface area contributed by atoms with Gasteiger partial charge < -0.3 is 10.1 Å². The molecule has 0 fully saturated rings.